The van der Waals surface area contributed by atoms with E-state index in [0.717, 1.165) is 31.7 Å². The zero-order valence-corrected chi connectivity index (χ0v) is 31.0. The Hall–Kier alpha value is -5.19. The van der Waals surface area contributed by atoms with Gasteiger partial charge in [-0.25, -0.2) is 26.6 Å². The molecule has 0 aliphatic carbocycles. The molecule has 0 saturated carbocycles. The zero-order chi connectivity index (χ0) is 37.4. The molecule has 0 atom stereocenters. The van der Waals surface area contributed by atoms with E-state index in [9.17, 15) is 27.7 Å². The highest BCUT2D eigenvalue weighted by molar-refractivity contribution is 9.10. The lowest BCUT2D eigenvalue weighted by molar-refractivity contribution is 0.0950. The van der Waals surface area contributed by atoms with E-state index < -0.39 is 33.1 Å². The van der Waals surface area contributed by atoms with Crippen LogP contribution in [0.5, 0.6) is 0 Å². The Kier molecular flexibility index (Phi) is 12.4. The van der Waals surface area contributed by atoms with Gasteiger partial charge in [0.05, 0.1) is 21.8 Å². The molecule has 5 rings (SSSR count). The van der Waals surface area contributed by atoms with Crippen LogP contribution < -0.4 is 10.0 Å². The number of aromatic nitrogens is 2. The maximum atomic E-state index is 16.0. The summed E-state index contributed by atoms with van der Waals surface area (Å²) in [5, 5.41) is 18.1. The van der Waals surface area contributed by atoms with Crippen LogP contribution in [-0.4, -0.2) is 36.6 Å². The standard InChI is InChI=1S/C39H36BrF2N5O4S/c1-3-5-14-34-30(36(24-43)47(45-34)35-23-27(18-19-31(35)40)38(48)44-20-6-4-2)21-26-17-16-25(22-33(26)42)28-11-8-10-15-37(28)52(50,51)46-39(49)29-12-7-9-13-32(29)41/h7-13,15-19,22-23H,3-6,14,20-21H2,1-2H3,(H,44,48)(H,46,49). The number of benzene rings is 4. The van der Waals surface area contributed by atoms with Crippen molar-refractivity contribution >= 4 is 37.8 Å². The van der Waals surface area contributed by atoms with Crippen LogP contribution in [0.1, 0.15) is 82.8 Å². The highest BCUT2D eigenvalue weighted by Crippen LogP contribution is 2.32. The number of carbonyl (C=O) groups excluding carboxylic acids is 2. The zero-order valence-electron chi connectivity index (χ0n) is 28.5. The molecule has 0 fully saturated rings. The van der Waals surface area contributed by atoms with Gasteiger partial charge in [-0.3, -0.25) is 9.59 Å². The molecule has 0 spiro atoms. The summed E-state index contributed by atoms with van der Waals surface area (Å²) < 4.78 is 60.9. The number of rotatable bonds is 14. The summed E-state index contributed by atoms with van der Waals surface area (Å²) in [6.45, 7) is 4.60. The normalized spacial score (nSPS) is 11.2. The average molecular weight is 789 g/mol. The van der Waals surface area contributed by atoms with Crippen LogP contribution in [0.25, 0.3) is 16.8 Å². The fourth-order valence-electron chi connectivity index (χ4n) is 5.68. The Balaban J connectivity index is 1.49. The molecule has 0 aliphatic rings. The Bertz CT molecular complexity index is 2280. The molecule has 0 bridgehead atoms. The van der Waals surface area contributed by atoms with Crippen molar-refractivity contribution in [2.45, 2.75) is 57.3 Å². The van der Waals surface area contributed by atoms with E-state index in [1.807, 2.05) is 18.6 Å². The van der Waals surface area contributed by atoms with Crippen molar-refractivity contribution < 1.29 is 26.8 Å². The molecule has 5 aromatic rings. The lowest BCUT2D eigenvalue weighted by Gasteiger charge is -2.13. The summed E-state index contributed by atoms with van der Waals surface area (Å²) in [5.74, 6) is -2.92. The molecule has 2 amide bonds. The first-order valence-corrected chi connectivity index (χ1v) is 19.0. The number of amides is 2. The number of hydrogen-bond acceptors (Lipinski definition) is 6. The van der Waals surface area contributed by atoms with E-state index in [1.165, 1.54) is 53.2 Å². The van der Waals surface area contributed by atoms with Gasteiger partial charge in [0.25, 0.3) is 21.8 Å². The Morgan fingerprint density at radius 1 is 0.904 bits per heavy atom. The molecule has 2 N–H and O–H groups in total. The quantitative estimate of drug-likeness (QED) is 0.110. The van der Waals surface area contributed by atoms with Crippen molar-refractivity contribution in [3.05, 3.63) is 135 Å². The van der Waals surface area contributed by atoms with Crippen LogP contribution in [0.4, 0.5) is 8.78 Å². The lowest BCUT2D eigenvalue weighted by Crippen LogP contribution is -2.31. The van der Waals surface area contributed by atoms with E-state index >= 15 is 4.39 Å². The molecule has 0 radical (unpaired) electrons. The van der Waals surface area contributed by atoms with Crippen LogP contribution in [0.2, 0.25) is 0 Å². The van der Waals surface area contributed by atoms with E-state index in [-0.39, 0.29) is 39.6 Å². The van der Waals surface area contributed by atoms with Crippen LogP contribution in [0, 0.1) is 23.0 Å². The van der Waals surface area contributed by atoms with Crippen molar-refractivity contribution in [1.29, 1.82) is 5.26 Å². The number of sulfonamides is 1. The second-order valence-electron chi connectivity index (χ2n) is 12.1. The SMILES string of the molecule is CCCCNC(=O)c1ccc(Br)c(-n2nc(CCCC)c(Cc3ccc(-c4ccccc4S(=O)(=O)NC(=O)c4ccccc4F)cc3F)c2C#N)c1. The fraction of sp³-hybridized carbons (Fsp3) is 0.231. The summed E-state index contributed by atoms with van der Waals surface area (Å²) >= 11 is 3.54. The summed E-state index contributed by atoms with van der Waals surface area (Å²) in [4.78, 5) is 25.2. The second-order valence-corrected chi connectivity index (χ2v) is 14.6. The molecule has 9 nitrogen and oxygen atoms in total. The van der Waals surface area contributed by atoms with Gasteiger partial charge in [-0.1, -0.05) is 69.2 Å². The summed E-state index contributed by atoms with van der Waals surface area (Å²) in [5.41, 5.74) is 2.39. The number of aryl methyl sites for hydroxylation is 1. The Morgan fingerprint density at radius 2 is 1.63 bits per heavy atom. The molecule has 1 heterocycles. The molecular weight excluding hydrogens is 752 g/mol. The number of carbonyl (C=O) groups is 2. The van der Waals surface area contributed by atoms with Gasteiger partial charge >= 0.3 is 0 Å². The topological polar surface area (TPSA) is 134 Å². The van der Waals surface area contributed by atoms with Crippen LogP contribution in [-0.2, 0) is 22.9 Å². The molecular formula is C39H36BrF2N5O4S. The minimum Gasteiger partial charge on any atom is -0.352 e. The maximum Gasteiger partial charge on any atom is 0.267 e. The summed E-state index contributed by atoms with van der Waals surface area (Å²) in [6.07, 6.45) is 3.96. The first-order valence-electron chi connectivity index (χ1n) is 16.8. The highest BCUT2D eigenvalue weighted by Gasteiger charge is 2.26. The third-order valence-electron chi connectivity index (χ3n) is 8.45. The third-order valence-corrected chi connectivity index (χ3v) is 10.5. The second kappa shape index (κ2) is 16.9. The van der Waals surface area contributed by atoms with Gasteiger partial charge in [-0.05, 0) is 88.8 Å². The fourth-order valence-corrected chi connectivity index (χ4v) is 7.29. The molecule has 0 saturated heterocycles. The maximum absolute atomic E-state index is 16.0. The van der Waals surface area contributed by atoms with Crippen LogP contribution in [0.15, 0.2) is 94.3 Å². The van der Waals surface area contributed by atoms with Crippen LogP contribution in [0.3, 0.4) is 0 Å². The van der Waals surface area contributed by atoms with E-state index in [1.54, 1.807) is 30.3 Å². The monoisotopic (exact) mass is 787 g/mol. The first kappa shape index (κ1) is 38.1. The lowest BCUT2D eigenvalue weighted by atomic mass is 9.97. The molecule has 13 heteroatoms. The van der Waals surface area contributed by atoms with Gasteiger partial charge in [0.1, 0.15) is 23.4 Å². The van der Waals surface area contributed by atoms with Gasteiger partial charge in [0.2, 0.25) is 0 Å². The Labute approximate surface area is 309 Å². The smallest absolute Gasteiger partial charge is 0.267 e. The Morgan fingerprint density at radius 3 is 2.35 bits per heavy atom. The number of unbranched alkanes of at least 4 members (excludes halogenated alkanes) is 2. The minimum atomic E-state index is -4.50. The molecule has 268 valence electrons. The molecule has 1 aromatic heterocycles. The van der Waals surface area contributed by atoms with Crippen LogP contribution >= 0.6 is 15.9 Å². The van der Waals surface area contributed by atoms with Crippen molar-refractivity contribution in [1.82, 2.24) is 19.8 Å². The average Bonchev–Trinajstić information content (AvgIpc) is 3.48. The third kappa shape index (κ3) is 8.46. The first-order chi connectivity index (χ1) is 25.0. The molecule has 52 heavy (non-hydrogen) atoms. The van der Waals surface area contributed by atoms with Crippen molar-refractivity contribution in [3.8, 4) is 22.9 Å². The van der Waals surface area contributed by atoms with E-state index in [0.29, 0.717) is 39.9 Å². The predicted molar refractivity (Wildman–Crippen MR) is 198 cm³/mol. The summed E-state index contributed by atoms with van der Waals surface area (Å²) in [6, 6.07) is 22.4. The van der Waals surface area contributed by atoms with Crippen molar-refractivity contribution in [2.24, 2.45) is 0 Å². The number of hydrogen-bond donors (Lipinski definition) is 2. The molecule has 4 aromatic carbocycles. The largest absolute Gasteiger partial charge is 0.352 e. The summed E-state index contributed by atoms with van der Waals surface area (Å²) in [7, 11) is -4.50. The van der Waals surface area contributed by atoms with Crippen molar-refractivity contribution in [3.63, 3.8) is 0 Å². The van der Waals surface area contributed by atoms with Gasteiger partial charge in [-0.15, -0.1) is 0 Å². The van der Waals surface area contributed by atoms with Gasteiger partial charge in [-0.2, -0.15) is 10.4 Å². The number of halogens is 3. The number of nitriles is 1. The van der Waals surface area contributed by atoms with E-state index in [2.05, 4.69) is 27.3 Å². The number of nitrogens with zero attached hydrogens (tertiary/aromatic N) is 3. The number of nitrogens with one attached hydrogen (secondary N) is 2. The highest BCUT2D eigenvalue weighted by atomic mass is 79.9. The van der Waals surface area contributed by atoms with Gasteiger partial charge in [0, 0.05) is 34.1 Å². The predicted octanol–water partition coefficient (Wildman–Crippen LogP) is 8.03. The van der Waals surface area contributed by atoms with E-state index in [4.69, 9.17) is 5.10 Å². The van der Waals surface area contributed by atoms with Gasteiger partial charge in [0.15, 0.2) is 0 Å². The van der Waals surface area contributed by atoms with Crippen molar-refractivity contribution in [2.75, 3.05) is 6.54 Å². The molecule has 0 unspecified atom stereocenters. The van der Waals surface area contributed by atoms with Gasteiger partial charge < -0.3 is 5.32 Å². The molecule has 0 aliphatic heterocycles. The minimum absolute atomic E-state index is 0.0154.